The van der Waals surface area contributed by atoms with E-state index in [1.54, 1.807) is 14.2 Å². The third kappa shape index (κ3) is 2.38. The third-order valence-electron chi connectivity index (χ3n) is 4.84. The summed E-state index contributed by atoms with van der Waals surface area (Å²) in [7, 11) is 3.34. The SMILES string of the molecule is COc1ccc(CC2C(O)C3CCN2CC3)c(OC)c1. The molecule has 2 bridgehead atoms. The van der Waals surface area contributed by atoms with Crippen LogP contribution in [0.4, 0.5) is 0 Å². The highest BCUT2D eigenvalue weighted by molar-refractivity contribution is 5.41. The number of aliphatic hydroxyl groups excluding tert-OH is 1. The van der Waals surface area contributed by atoms with Gasteiger partial charge in [0, 0.05) is 12.1 Å². The first kappa shape index (κ1) is 13.7. The van der Waals surface area contributed by atoms with Crippen molar-refractivity contribution in [2.75, 3.05) is 27.3 Å². The molecule has 3 aliphatic rings. The predicted octanol–water partition coefficient (Wildman–Crippen LogP) is 1.70. The van der Waals surface area contributed by atoms with Crippen LogP contribution in [-0.2, 0) is 6.42 Å². The van der Waals surface area contributed by atoms with E-state index in [1.807, 2.05) is 18.2 Å². The van der Waals surface area contributed by atoms with Gasteiger partial charge < -0.3 is 14.6 Å². The maximum absolute atomic E-state index is 10.5. The van der Waals surface area contributed by atoms with Crippen molar-refractivity contribution in [3.63, 3.8) is 0 Å². The summed E-state index contributed by atoms with van der Waals surface area (Å²) in [5.74, 6) is 2.13. The van der Waals surface area contributed by atoms with Gasteiger partial charge in [-0.1, -0.05) is 6.07 Å². The molecule has 3 fully saturated rings. The van der Waals surface area contributed by atoms with Crippen LogP contribution >= 0.6 is 0 Å². The first-order valence-corrected chi connectivity index (χ1v) is 7.36. The molecule has 3 heterocycles. The Morgan fingerprint density at radius 2 is 1.95 bits per heavy atom. The van der Waals surface area contributed by atoms with Crippen molar-refractivity contribution in [2.24, 2.45) is 5.92 Å². The molecule has 0 aromatic heterocycles. The summed E-state index contributed by atoms with van der Waals surface area (Å²) in [6.07, 6.45) is 2.91. The summed E-state index contributed by atoms with van der Waals surface area (Å²) >= 11 is 0. The highest BCUT2D eigenvalue weighted by Gasteiger charge is 2.41. The van der Waals surface area contributed by atoms with Crippen LogP contribution in [0, 0.1) is 5.92 Å². The number of fused-ring (bicyclic) bond motifs is 3. The molecule has 1 aromatic carbocycles. The Balaban J connectivity index is 1.80. The number of ether oxygens (including phenoxy) is 2. The highest BCUT2D eigenvalue weighted by Crippen LogP contribution is 2.35. The van der Waals surface area contributed by atoms with Crippen molar-refractivity contribution < 1.29 is 14.6 Å². The van der Waals surface area contributed by atoms with Crippen molar-refractivity contribution in [1.29, 1.82) is 0 Å². The lowest BCUT2D eigenvalue weighted by Gasteiger charge is -2.49. The van der Waals surface area contributed by atoms with Crippen LogP contribution in [0.25, 0.3) is 0 Å². The van der Waals surface area contributed by atoms with Crippen LogP contribution in [0.15, 0.2) is 18.2 Å². The lowest BCUT2D eigenvalue weighted by Crippen LogP contribution is -2.58. The zero-order valence-electron chi connectivity index (χ0n) is 12.2. The average Bonchev–Trinajstić information content (AvgIpc) is 2.51. The maximum Gasteiger partial charge on any atom is 0.125 e. The molecule has 4 heteroatoms. The average molecular weight is 277 g/mol. The molecule has 110 valence electrons. The minimum atomic E-state index is -0.204. The van der Waals surface area contributed by atoms with Crippen LogP contribution in [0.2, 0.25) is 0 Å². The largest absolute Gasteiger partial charge is 0.497 e. The van der Waals surface area contributed by atoms with Crippen molar-refractivity contribution in [2.45, 2.75) is 31.4 Å². The van der Waals surface area contributed by atoms with Crippen molar-refractivity contribution in [3.8, 4) is 11.5 Å². The van der Waals surface area contributed by atoms with Gasteiger partial charge in [-0.3, -0.25) is 4.90 Å². The molecule has 3 saturated heterocycles. The van der Waals surface area contributed by atoms with E-state index in [1.165, 1.54) is 0 Å². The summed E-state index contributed by atoms with van der Waals surface area (Å²) in [6, 6.07) is 6.15. The number of benzene rings is 1. The quantitative estimate of drug-likeness (QED) is 0.909. The third-order valence-corrected chi connectivity index (χ3v) is 4.84. The predicted molar refractivity (Wildman–Crippen MR) is 77.3 cm³/mol. The summed E-state index contributed by atoms with van der Waals surface area (Å²) < 4.78 is 10.7. The van der Waals surface area contributed by atoms with E-state index in [0.717, 1.165) is 49.4 Å². The molecule has 4 nitrogen and oxygen atoms in total. The normalized spacial score (nSPS) is 32.1. The Bertz CT molecular complexity index is 467. The smallest absolute Gasteiger partial charge is 0.125 e. The van der Waals surface area contributed by atoms with Gasteiger partial charge in [-0.05, 0) is 49.9 Å². The maximum atomic E-state index is 10.5. The molecule has 0 aliphatic carbocycles. The minimum absolute atomic E-state index is 0.204. The molecule has 0 saturated carbocycles. The van der Waals surface area contributed by atoms with E-state index >= 15 is 0 Å². The van der Waals surface area contributed by atoms with Crippen LogP contribution in [0.5, 0.6) is 11.5 Å². The van der Waals surface area contributed by atoms with Gasteiger partial charge in [0.15, 0.2) is 0 Å². The molecule has 4 rings (SSSR count). The summed E-state index contributed by atoms with van der Waals surface area (Å²) in [4.78, 5) is 2.42. The number of methoxy groups -OCH3 is 2. The van der Waals surface area contributed by atoms with Crippen LogP contribution in [0.1, 0.15) is 18.4 Å². The molecule has 2 atom stereocenters. The molecule has 20 heavy (non-hydrogen) atoms. The number of rotatable bonds is 4. The van der Waals surface area contributed by atoms with Gasteiger partial charge in [0.2, 0.25) is 0 Å². The van der Waals surface area contributed by atoms with E-state index in [-0.39, 0.29) is 12.1 Å². The van der Waals surface area contributed by atoms with Crippen LogP contribution < -0.4 is 9.47 Å². The Morgan fingerprint density at radius 3 is 2.55 bits per heavy atom. The summed E-state index contributed by atoms with van der Waals surface area (Å²) in [5, 5.41) is 10.5. The Hall–Kier alpha value is -1.26. The second kappa shape index (κ2) is 5.62. The number of aliphatic hydroxyl groups is 1. The van der Waals surface area contributed by atoms with E-state index in [4.69, 9.17) is 9.47 Å². The second-order valence-electron chi connectivity index (χ2n) is 5.81. The molecular weight excluding hydrogens is 254 g/mol. The highest BCUT2D eigenvalue weighted by atomic mass is 16.5. The van der Waals surface area contributed by atoms with Gasteiger partial charge in [0.05, 0.1) is 20.3 Å². The monoisotopic (exact) mass is 277 g/mol. The van der Waals surface area contributed by atoms with Gasteiger partial charge >= 0.3 is 0 Å². The molecule has 2 unspecified atom stereocenters. The first-order chi connectivity index (χ1) is 9.72. The van der Waals surface area contributed by atoms with E-state index in [2.05, 4.69) is 4.90 Å². The fourth-order valence-electron chi connectivity index (χ4n) is 3.62. The zero-order valence-corrected chi connectivity index (χ0v) is 12.2. The summed E-state index contributed by atoms with van der Waals surface area (Å²) in [5.41, 5.74) is 1.14. The van der Waals surface area contributed by atoms with Gasteiger partial charge in [0.25, 0.3) is 0 Å². The number of piperidine rings is 3. The number of hydrogen-bond donors (Lipinski definition) is 1. The topological polar surface area (TPSA) is 41.9 Å². The number of nitrogens with zero attached hydrogens (tertiary/aromatic N) is 1. The lowest BCUT2D eigenvalue weighted by molar-refractivity contribution is -0.0716. The first-order valence-electron chi connectivity index (χ1n) is 7.36. The van der Waals surface area contributed by atoms with Crippen molar-refractivity contribution in [3.05, 3.63) is 23.8 Å². The van der Waals surface area contributed by atoms with E-state index in [9.17, 15) is 5.11 Å². The summed E-state index contributed by atoms with van der Waals surface area (Å²) in [6.45, 7) is 2.23. The van der Waals surface area contributed by atoms with Gasteiger partial charge in [-0.15, -0.1) is 0 Å². The van der Waals surface area contributed by atoms with E-state index < -0.39 is 0 Å². The van der Waals surface area contributed by atoms with Gasteiger partial charge in [-0.2, -0.15) is 0 Å². The Morgan fingerprint density at radius 1 is 1.20 bits per heavy atom. The molecule has 0 radical (unpaired) electrons. The van der Waals surface area contributed by atoms with Gasteiger partial charge in [-0.25, -0.2) is 0 Å². The van der Waals surface area contributed by atoms with Crippen molar-refractivity contribution in [1.82, 2.24) is 4.90 Å². The zero-order chi connectivity index (χ0) is 14.1. The lowest BCUT2D eigenvalue weighted by atomic mass is 9.78. The standard InChI is InChI=1S/C16H23NO3/c1-19-13-4-3-12(15(10-13)20-2)9-14-16(18)11-5-7-17(14)8-6-11/h3-4,10-11,14,16,18H,5-9H2,1-2H3. The van der Waals surface area contributed by atoms with Crippen molar-refractivity contribution >= 4 is 0 Å². The Labute approximate surface area is 120 Å². The molecule has 0 amide bonds. The number of hydrogen-bond acceptors (Lipinski definition) is 4. The van der Waals surface area contributed by atoms with Gasteiger partial charge in [0.1, 0.15) is 11.5 Å². The van der Waals surface area contributed by atoms with E-state index in [0.29, 0.717) is 5.92 Å². The van der Waals surface area contributed by atoms with Crippen LogP contribution in [-0.4, -0.2) is 49.5 Å². The van der Waals surface area contributed by atoms with Crippen LogP contribution in [0.3, 0.4) is 0 Å². The molecule has 0 spiro atoms. The minimum Gasteiger partial charge on any atom is -0.497 e. The molecule has 3 aliphatic heterocycles. The molecule has 1 N–H and O–H groups in total. The fraction of sp³-hybridized carbons (Fsp3) is 0.625. The second-order valence-corrected chi connectivity index (χ2v) is 5.81. The molecular formula is C16H23NO3. The fourth-order valence-corrected chi connectivity index (χ4v) is 3.62. The Kier molecular flexibility index (Phi) is 3.85. The molecule has 1 aromatic rings.